The molecule has 25 heavy (non-hydrogen) atoms. The third-order valence-electron chi connectivity index (χ3n) is 4.40. The molecule has 0 spiro atoms. The molecular formula is C20H21NO4. The Hall–Kier alpha value is -2.82. The number of phenolic OH excluding ortho intramolecular Hbond substituents is 1. The van der Waals surface area contributed by atoms with Gasteiger partial charge < -0.3 is 14.7 Å². The number of likely N-dealkylation sites (tertiary alicyclic amines) is 1. The van der Waals surface area contributed by atoms with Crippen molar-refractivity contribution < 1.29 is 19.4 Å². The first kappa shape index (κ1) is 17.0. The Labute approximate surface area is 146 Å². The van der Waals surface area contributed by atoms with E-state index in [1.54, 1.807) is 17.0 Å². The van der Waals surface area contributed by atoms with E-state index in [9.17, 15) is 14.7 Å². The first-order chi connectivity index (χ1) is 12.0. The maximum Gasteiger partial charge on any atom is 0.303 e. The molecular weight excluding hydrogens is 318 g/mol. The number of phenols is 1. The highest BCUT2D eigenvalue weighted by atomic mass is 16.5. The minimum atomic E-state index is -0.610. The number of carbonyl (C=O) groups excluding carboxylic acids is 2. The van der Waals surface area contributed by atoms with Crippen molar-refractivity contribution in [1.82, 2.24) is 4.90 Å². The van der Waals surface area contributed by atoms with Gasteiger partial charge in [-0.05, 0) is 18.6 Å². The smallest absolute Gasteiger partial charge is 0.303 e. The van der Waals surface area contributed by atoms with E-state index < -0.39 is 18.1 Å². The molecule has 0 radical (unpaired) electrons. The van der Waals surface area contributed by atoms with E-state index in [0.717, 1.165) is 11.1 Å². The second-order valence-corrected chi connectivity index (χ2v) is 6.37. The van der Waals surface area contributed by atoms with Gasteiger partial charge in [0.05, 0.1) is 12.5 Å². The van der Waals surface area contributed by atoms with Gasteiger partial charge in [-0.25, -0.2) is 0 Å². The standard InChI is InChI=1S/C20H21NO4/c1-13-8-9-17(23)16(10-13)20-18(25-14(2)22)11-19(24)21(20)12-15-6-4-3-5-7-15/h3-10,18,20,23H,11-12H2,1-2H3/t18-,20-/m1/s1. The van der Waals surface area contributed by atoms with Gasteiger partial charge in [0.1, 0.15) is 11.9 Å². The molecule has 1 fully saturated rings. The highest BCUT2D eigenvalue weighted by molar-refractivity contribution is 5.81. The van der Waals surface area contributed by atoms with Crippen LogP contribution in [-0.4, -0.2) is 28.0 Å². The highest BCUT2D eigenvalue weighted by Gasteiger charge is 2.43. The van der Waals surface area contributed by atoms with Gasteiger partial charge in [-0.3, -0.25) is 9.59 Å². The largest absolute Gasteiger partial charge is 0.508 e. The van der Waals surface area contributed by atoms with Crippen molar-refractivity contribution in [2.45, 2.75) is 39.0 Å². The first-order valence-corrected chi connectivity index (χ1v) is 8.26. The van der Waals surface area contributed by atoms with Gasteiger partial charge in [-0.2, -0.15) is 0 Å². The van der Waals surface area contributed by atoms with Crippen LogP contribution in [0.5, 0.6) is 5.75 Å². The van der Waals surface area contributed by atoms with Crippen LogP contribution < -0.4 is 0 Å². The Morgan fingerprint density at radius 1 is 1.24 bits per heavy atom. The number of aromatic hydroxyl groups is 1. The predicted octanol–water partition coefficient (Wildman–Crippen LogP) is 3.11. The molecule has 0 aliphatic carbocycles. The molecule has 3 rings (SSSR count). The number of hydrogen-bond acceptors (Lipinski definition) is 4. The summed E-state index contributed by atoms with van der Waals surface area (Å²) >= 11 is 0. The Bertz CT molecular complexity index is 788. The van der Waals surface area contributed by atoms with Crippen molar-refractivity contribution in [1.29, 1.82) is 0 Å². The molecule has 130 valence electrons. The Morgan fingerprint density at radius 3 is 2.64 bits per heavy atom. The molecule has 0 bridgehead atoms. The number of rotatable bonds is 4. The van der Waals surface area contributed by atoms with Crippen LogP contribution in [-0.2, 0) is 20.9 Å². The lowest BCUT2D eigenvalue weighted by atomic mass is 9.98. The summed E-state index contributed by atoms with van der Waals surface area (Å²) in [7, 11) is 0. The fraction of sp³-hybridized carbons (Fsp3) is 0.300. The molecule has 1 aliphatic heterocycles. The molecule has 0 aromatic heterocycles. The van der Waals surface area contributed by atoms with Crippen LogP contribution in [0.25, 0.3) is 0 Å². The lowest BCUT2D eigenvalue weighted by molar-refractivity contribution is -0.147. The van der Waals surface area contributed by atoms with Gasteiger partial charge in [-0.15, -0.1) is 0 Å². The molecule has 1 aliphatic rings. The van der Waals surface area contributed by atoms with Crippen LogP contribution in [0.15, 0.2) is 48.5 Å². The van der Waals surface area contributed by atoms with Crippen molar-refractivity contribution in [2.75, 3.05) is 0 Å². The number of nitrogens with zero attached hydrogens (tertiary/aromatic N) is 1. The minimum absolute atomic E-state index is 0.0963. The minimum Gasteiger partial charge on any atom is -0.508 e. The van der Waals surface area contributed by atoms with E-state index >= 15 is 0 Å². The van der Waals surface area contributed by atoms with Crippen molar-refractivity contribution >= 4 is 11.9 Å². The number of hydrogen-bond donors (Lipinski definition) is 1. The van der Waals surface area contributed by atoms with Crippen molar-refractivity contribution in [3.8, 4) is 5.75 Å². The van der Waals surface area contributed by atoms with Crippen molar-refractivity contribution in [2.24, 2.45) is 0 Å². The van der Waals surface area contributed by atoms with E-state index in [4.69, 9.17) is 4.74 Å². The molecule has 5 heteroatoms. The third kappa shape index (κ3) is 3.65. The van der Waals surface area contributed by atoms with Gasteiger partial charge in [0, 0.05) is 19.0 Å². The van der Waals surface area contributed by atoms with Gasteiger partial charge in [0.25, 0.3) is 0 Å². The van der Waals surface area contributed by atoms with Crippen LogP contribution in [0.2, 0.25) is 0 Å². The van der Waals surface area contributed by atoms with Crippen molar-refractivity contribution in [3.63, 3.8) is 0 Å². The van der Waals surface area contributed by atoms with Gasteiger partial charge >= 0.3 is 5.97 Å². The van der Waals surface area contributed by atoms with Crippen LogP contribution in [0.3, 0.4) is 0 Å². The number of aryl methyl sites for hydroxylation is 1. The summed E-state index contributed by atoms with van der Waals surface area (Å²) in [5.41, 5.74) is 2.55. The van der Waals surface area contributed by atoms with Gasteiger partial charge in [-0.1, -0.05) is 48.0 Å². The normalized spacial score (nSPS) is 19.9. The summed E-state index contributed by atoms with van der Waals surface area (Å²) in [6.45, 7) is 3.65. The summed E-state index contributed by atoms with van der Waals surface area (Å²) in [5, 5.41) is 10.3. The zero-order chi connectivity index (χ0) is 18.0. The molecule has 1 N–H and O–H groups in total. The van der Waals surface area contributed by atoms with Gasteiger partial charge in [0.2, 0.25) is 5.91 Å². The Balaban J connectivity index is 2.00. The number of carbonyl (C=O) groups is 2. The maximum atomic E-state index is 12.6. The molecule has 1 amide bonds. The average molecular weight is 339 g/mol. The second-order valence-electron chi connectivity index (χ2n) is 6.37. The maximum absolute atomic E-state index is 12.6. The van der Waals surface area contributed by atoms with Crippen LogP contribution in [0.4, 0.5) is 0 Å². The van der Waals surface area contributed by atoms with E-state index in [1.807, 2.05) is 43.3 Å². The van der Waals surface area contributed by atoms with Gasteiger partial charge in [0.15, 0.2) is 0 Å². The molecule has 5 nitrogen and oxygen atoms in total. The number of esters is 1. The summed E-state index contributed by atoms with van der Waals surface area (Å²) in [6.07, 6.45) is -0.494. The monoisotopic (exact) mass is 339 g/mol. The summed E-state index contributed by atoms with van der Waals surface area (Å²) in [6, 6.07) is 14.4. The third-order valence-corrected chi connectivity index (χ3v) is 4.40. The zero-order valence-electron chi connectivity index (χ0n) is 14.3. The average Bonchev–Trinajstić information content (AvgIpc) is 2.85. The highest BCUT2D eigenvalue weighted by Crippen LogP contribution is 2.40. The summed E-state index contributed by atoms with van der Waals surface area (Å²) in [5.74, 6) is -0.432. The molecule has 2 aromatic carbocycles. The van der Waals surface area contributed by atoms with Crippen molar-refractivity contribution in [3.05, 3.63) is 65.2 Å². The molecule has 1 heterocycles. The molecule has 1 saturated heterocycles. The zero-order valence-corrected chi connectivity index (χ0v) is 14.3. The fourth-order valence-corrected chi connectivity index (χ4v) is 3.32. The Morgan fingerprint density at radius 2 is 1.96 bits per heavy atom. The van der Waals surface area contributed by atoms with Crippen LogP contribution in [0.1, 0.15) is 36.1 Å². The topological polar surface area (TPSA) is 66.8 Å². The molecule has 0 unspecified atom stereocenters. The first-order valence-electron chi connectivity index (χ1n) is 8.26. The summed E-state index contributed by atoms with van der Waals surface area (Å²) in [4.78, 5) is 25.8. The Kier molecular flexibility index (Phi) is 4.74. The number of benzene rings is 2. The predicted molar refractivity (Wildman–Crippen MR) is 92.7 cm³/mol. The number of ether oxygens (including phenoxy) is 1. The number of amides is 1. The molecule has 2 aromatic rings. The van der Waals surface area contributed by atoms with Crippen LogP contribution in [0, 0.1) is 6.92 Å². The quantitative estimate of drug-likeness (QED) is 0.869. The SMILES string of the molecule is CC(=O)O[C@@H]1CC(=O)N(Cc2ccccc2)[C@@H]1c1cc(C)ccc1O. The lowest BCUT2D eigenvalue weighted by Gasteiger charge is -2.29. The van der Waals surface area contributed by atoms with E-state index in [1.165, 1.54) is 6.92 Å². The summed E-state index contributed by atoms with van der Waals surface area (Å²) < 4.78 is 5.40. The lowest BCUT2D eigenvalue weighted by Crippen LogP contribution is -2.31. The molecule has 0 saturated carbocycles. The van der Waals surface area contributed by atoms with Crippen LogP contribution >= 0.6 is 0 Å². The van der Waals surface area contributed by atoms with E-state index in [2.05, 4.69) is 0 Å². The van der Waals surface area contributed by atoms with E-state index in [-0.39, 0.29) is 18.1 Å². The fourth-order valence-electron chi connectivity index (χ4n) is 3.32. The van der Waals surface area contributed by atoms with E-state index in [0.29, 0.717) is 12.1 Å². The second kappa shape index (κ2) is 6.97. The molecule has 2 atom stereocenters.